The molecule has 0 spiro atoms. The zero-order valence-corrected chi connectivity index (χ0v) is 13.3. The van der Waals surface area contributed by atoms with E-state index in [1.165, 1.54) is 5.57 Å². The first kappa shape index (κ1) is 17.0. The Labute approximate surface area is 132 Å². The fraction of sp³-hybridized carbons (Fsp3) is 0.765. The molecule has 0 bridgehead atoms. The van der Waals surface area contributed by atoms with E-state index in [-0.39, 0.29) is 18.4 Å². The summed E-state index contributed by atoms with van der Waals surface area (Å²) in [7, 11) is 0. The number of nitrogens with one attached hydrogen (secondary N) is 1. The molecule has 2 fully saturated rings. The first-order valence-corrected chi connectivity index (χ1v) is 8.34. The maximum Gasteiger partial charge on any atom is 0.308 e. The molecule has 1 atom stereocenters. The van der Waals surface area contributed by atoms with E-state index in [0.717, 1.165) is 44.4 Å². The number of carboxylic acids is 1. The van der Waals surface area contributed by atoms with Crippen LogP contribution in [0.15, 0.2) is 11.6 Å². The molecule has 2 N–H and O–H groups in total. The molecule has 0 radical (unpaired) electrons. The summed E-state index contributed by atoms with van der Waals surface area (Å²) in [5, 5.41) is 12.2. The third-order valence-electron chi connectivity index (χ3n) is 4.90. The van der Waals surface area contributed by atoms with E-state index in [1.807, 2.05) is 0 Å². The molecule has 0 aromatic heterocycles. The lowest BCUT2D eigenvalue weighted by Gasteiger charge is -2.27. The van der Waals surface area contributed by atoms with Gasteiger partial charge in [0.1, 0.15) is 0 Å². The molecule has 0 aromatic rings. The molecule has 5 nitrogen and oxygen atoms in total. The largest absolute Gasteiger partial charge is 0.481 e. The van der Waals surface area contributed by atoms with Crippen LogP contribution < -0.4 is 5.32 Å². The second-order valence-electron chi connectivity index (χ2n) is 6.62. The van der Waals surface area contributed by atoms with Crippen molar-refractivity contribution in [1.82, 2.24) is 5.32 Å². The Balaban J connectivity index is 1.82. The highest BCUT2D eigenvalue weighted by atomic mass is 16.5. The fourth-order valence-corrected chi connectivity index (χ4v) is 3.30. The van der Waals surface area contributed by atoms with Gasteiger partial charge < -0.3 is 15.2 Å². The summed E-state index contributed by atoms with van der Waals surface area (Å²) >= 11 is 0. The fourth-order valence-electron chi connectivity index (χ4n) is 3.30. The van der Waals surface area contributed by atoms with Crippen molar-refractivity contribution < 1.29 is 19.4 Å². The summed E-state index contributed by atoms with van der Waals surface area (Å²) in [5.41, 5.74) is 1.19. The Bertz CT molecular complexity index is 416. The molecule has 1 unspecified atom stereocenters. The zero-order valence-electron chi connectivity index (χ0n) is 13.3. The van der Waals surface area contributed by atoms with Crippen LogP contribution in [-0.2, 0) is 14.3 Å². The van der Waals surface area contributed by atoms with E-state index in [1.54, 1.807) is 6.08 Å². The zero-order chi connectivity index (χ0) is 15.9. The summed E-state index contributed by atoms with van der Waals surface area (Å²) in [6, 6.07) is 0. The highest BCUT2D eigenvalue weighted by Gasteiger charge is 2.29. The maximum absolute atomic E-state index is 12.0. The average molecular weight is 309 g/mol. The van der Waals surface area contributed by atoms with Gasteiger partial charge in [0.05, 0.1) is 5.92 Å². The van der Waals surface area contributed by atoms with Crippen molar-refractivity contribution >= 4 is 11.9 Å². The van der Waals surface area contributed by atoms with Crippen molar-refractivity contribution in [2.45, 2.75) is 45.4 Å². The number of rotatable bonds is 5. The van der Waals surface area contributed by atoms with Crippen LogP contribution in [0.1, 0.15) is 45.4 Å². The second kappa shape index (κ2) is 8.32. The number of carbonyl (C=O) groups excluding carboxylic acids is 1. The minimum Gasteiger partial charge on any atom is -0.481 e. The lowest BCUT2D eigenvalue weighted by molar-refractivity contribution is -0.144. The van der Waals surface area contributed by atoms with Gasteiger partial charge >= 0.3 is 5.97 Å². The number of aliphatic carboxylic acids is 1. The van der Waals surface area contributed by atoms with E-state index in [2.05, 4.69) is 12.2 Å². The van der Waals surface area contributed by atoms with Crippen LogP contribution in [0.4, 0.5) is 0 Å². The molecule has 0 aromatic carbocycles. The quantitative estimate of drug-likeness (QED) is 0.765. The van der Waals surface area contributed by atoms with Gasteiger partial charge in [0.2, 0.25) is 5.91 Å². The van der Waals surface area contributed by atoms with Crippen LogP contribution in [0.2, 0.25) is 0 Å². The van der Waals surface area contributed by atoms with Gasteiger partial charge in [-0.25, -0.2) is 0 Å². The molecule has 1 saturated carbocycles. The predicted octanol–water partition coefficient (Wildman–Crippen LogP) is 2.37. The van der Waals surface area contributed by atoms with Crippen molar-refractivity contribution in [2.75, 3.05) is 19.8 Å². The van der Waals surface area contributed by atoms with Gasteiger partial charge in [-0.15, -0.1) is 0 Å². The molecule has 1 heterocycles. The molecule has 5 heteroatoms. The molecule has 1 amide bonds. The number of amides is 1. The van der Waals surface area contributed by atoms with E-state index in [9.17, 15) is 14.7 Å². The molecule has 2 rings (SSSR count). The lowest BCUT2D eigenvalue weighted by Crippen LogP contribution is -2.38. The van der Waals surface area contributed by atoms with Crippen LogP contribution in [0, 0.1) is 17.8 Å². The van der Waals surface area contributed by atoms with E-state index in [0.29, 0.717) is 13.2 Å². The van der Waals surface area contributed by atoms with Crippen molar-refractivity contribution in [3.63, 3.8) is 0 Å². The number of carbonyl (C=O) groups is 2. The van der Waals surface area contributed by atoms with Crippen LogP contribution in [-0.4, -0.2) is 36.7 Å². The number of hydrogen-bond donors (Lipinski definition) is 2. The van der Waals surface area contributed by atoms with E-state index < -0.39 is 11.9 Å². The van der Waals surface area contributed by atoms with E-state index in [4.69, 9.17) is 4.74 Å². The molecule has 1 aliphatic heterocycles. The lowest BCUT2D eigenvalue weighted by atomic mass is 9.85. The standard InChI is InChI=1S/C17H27NO4/c1-12-2-4-13(5-3-12)10-16(19)18-11-15(17(20)21)14-6-8-22-9-7-14/h10,12,14-15H,2-9,11H2,1H3,(H,18,19)(H,20,21). The SMILES string of the molecule is CC1CCC(=CC(=O)NCC(C(=O)O)C2CCOCC2)CC1. The van der Waals surface area contributed by atoms with Crippen LogP contribution >= 0.6 is 0 Å². The van der Waals surface area contributed by atoms with Crippen molar-refractivity contribution in [2.24, 2.45) is 17.8 Å². The van der Waals surface area contributed by atoms with Crippen molar-refractivity contribution in [3.8, 4) is 0 Å². The Morgan fingerprint density at radius 3 is 2.50 bits per heavy atom. The van der Waals surface area contributed by atoms with Gasteiger partial charge in [-0.05, 0) is 50.4 Å². The first-order chi connectivity index (χ1) is 10.6. The summed E-state index contributed by atoms with van der Waals surface area (Å²) in [4.78, 5) is 23.4. The summed E-state index contributed by atoms with van der Waals surface area (Å²) in [6.45, 7) is 3.68. The monoisotopic (exact) mass is 309 g/mol. The number of carboxylic acid groups (broad SMARTS) is 1. The van der Waals surface area contributed by atoms with Gasteiger partial charge in [0.25, 0.3) is 0 Å². The maximum atomic E-state index is 12.0. The second-order valence-corrected chi connectivity index (χ2v) is 6.62. The summed E-state index contributed by atoms with van der Waals surface area (Å²) < 4.78 is 5.27. The smallest absolute Gasteiger partial charge is 0.308 e. The molecule has 22 heavy (non-hydrogen) atoms. The normalized spacial score (nSPS) is 24.6. The predicted molar refractivity (Wildman–Crippen MR) is 83.4 cm³/mol. The minimum absolute atomic E-state index is 0.0923. The highest BCUT2D eigenvalue weighted by Crippen LogP contribution is 2.27. The van der Waals surface area contributed by atoms with Crippen LogP contribution in [0.5, 0.6) is 0 Å². The van der Waals surface area contributed by atoms with Crippen LogP contribution in [0.3, 0.4) is 0 Å². The molecule has 2 aliphatic rings. The number of allylic oxidation sites excluding steroid dienone is 1. The molecular weight excluding hydrogens is 282 g/mol. The third kappa shape index (κ3) is 5.13. The Hall–Kier alpha value is -1.36. The number of ether oxygens (including phenoxy) is 1. The first-order valence-electron chi connectivity index (χ1n) is 8.34. The Morgan fingerprint density at radius 2 is 1.91 bits per heavy atom. The van der Waals surface area contributed by atoms with Gasteiger partial charge in [0, 0.05) is 25.8 Å². The van der Waals surface area contributed by atoms with Crippen molar-refractivity contribution in [1.29, 1.82) is 0 Å². The minimum atomic E-state index is -0.827. The van der Waals surface area contributed by atoms with E-state index >= 15 is 0 Å². The van der Waals surface area contributed by atoms with Gasteiger partial charge in [-0.1, -0.05) is 12.5 Å². The van der Waals surface area contributed by atoms with Crippen LogP contribution in [0.25, 0.3) is 0 Å². The van der Waals surface area contributed by atoms with Gasteiger partial charge in [-0.3, -0.25) is 9.59 Å². The Kier molecular flexibility index (Phi) is 6.43. The topological polar surface area (TPSA) is 75.6 Å². The third-order valence-corrected chi connectivity index (χ3v) is 4.90. The molecule has 1 aliphatic carbocycles. The number of hydrogen-bond acceptors (Lipinski definition) is 3. The summed E-state index contributed by atoms with van der Waals surface area (Å²) in [5.74, 6) is -0.660. The van der Waals surface area contributed by atoms with Gasteiger partial charge in [0.15, 0.2) is 0 Å². The van der Waals surface area contributed by atoms with Gasteiger partial charge in [-0.2, -0.15) is 0 Å². The Morgan fingerprint density at radius 1 is 1.27 bits per heavy atom. The highest BCUT2D eigenvalue weighted by molar-refractivity contribution is 5.88. The average Bonchev–Trinajstić information content (AvgIpc) is 2.50. The summed E-state index contributed by atoms with van der Waals surface area (Å²) in [6.07, 6.45) is 7.43. The molecular formula is C17H27NO4. The molecule has 124 valence electrons. The molecule has 1 saturated heterocycles. The van der Waals surface area contributed by atoms with Crippen molar-refractivity contribution in [3.05, 3.63) is 11.6 Å².